The van der Waals surface area contributed by atoms with Gasteiger partial charge < -0.3 is 14.5 Å². The summed E-state index contributed by atoms with van der Waals surface area (Å²) in [6.07, 6.45) is 1.69. The number of methoxy groups -OCH3 is 1. The molecule has 7 nitrogen and oxygen atoms in total. The van der Waals surface area contributed by atoms with E-state index in [4.69, 9.17) is 14.5 Å². The molecule has 0 bridgehead atoms. The molecule has 0 amide bonds. The molecule has 2 aliphatic heterocycles. The fourth-order valence-corrected chi connectivity index (χ4v) is 5.87. The first kappa shape index (κ1) is 29.6. The Morgan fingerprint density at radius 1 is 1.27 bits per heavy atom. The summed E-state index contributed by atoms with van der Waals surface area (Å²) >= 11 is 0. The number of fused-ring (bicyclic) bond motifs is 1. The molecular formula is C29H34F4N4O3. The fraction of sp³-hybridized carbons (Fsp3) is 0.517. The highest BCUT2D eigenvalue weighted by atomic mass is 19.3. The zero-order valence-corrected chi connectivity index (χ0v) is 22.3. The predicted octanol–water partition coefficient (Wildman–Crippen LogP) is 6.46. The van der Waals surface area contributed by atoms with Crippen molar-refractivity contribution in [3.05, 3.63) is 58.7 Å². The summed E-state index contributed by atoms with van der Waals surface area (Å²) in [5.74, 6) is -6.95. The molecule has 0 saturated carbocycles. The normalized spacial score (nSPS) is 26.6. The number of pyridine rings is 1. The van der Waals surface area contributed by atoms with E-state index in [1.807, 2.05) is 0 Å². The van der Waals surface area contributed by atoms with Crippen LogP contribution in [0.1, 0.15) is 82.6 Å². The van der Waals surface area contributed by atoms with Gasteiger partial charge in [-0.2, -0.15) is 0 Å². The van der Waals surface area contributed by atoms with Crippen LogP contribution >= 0.6 is 0 Å². The average molecular weight is 563 g/mol. The van der Waals surface area contributed by atoms with E-state index in [-0.39, 0.29) is 25.2 Å². The van der Waals surface area contributed by atoms with Gasteiger partial charge in [0.15, 0.2) is 11.6 Å². The summed E-state index contributed by atoms with van der Waals surface area (Å²) in [6.45, 7) is 5.46. The third-order valence-corrected chi connectivity index (χ3v) is 8.32. The third kappa shape index (κ3) is 4.57. The average Bonchev–Trinajstić information content (AvgIpc) is 3.62. The van der Waals surface area contributed by atoms with Gasteiger partial charge in [0, 0.05) is 25.0 Å². The highest BCUT2D eigenvalue weighted by molar-refractivity contribution is 6.09. The van der Waals surface area contributed by atoms with Crippen LogP contribution in [0, 0.1) is 17.6 Å². The van der Waals surface area contributed by atoms with Gasteiger partial charge in [0.2, 0.25) is 0 Å². The van der Waals surface area contributed by atoms with Gasteiger partial charge in [0.05, 0.1) is 18.3 Å². The Labute approximate surface area is 230 Å². The second-order valence-corrected chi connectivity index (χ2v) is 10.5. The highest BCUT2D eigenvalue weighted by Gasteiger charge is 2.62. The molecule has 5 rings (SSSR count). The SMILES string of the molecule is C.CCc1c(C2C(C)[C@](C)(C(C)(F)F)O[C@H]2c2nc3c(C4=NC(C(=O)OC)CC4)nccc3[nH]2)ccc(F)c1F. The highest BCUT2D eigenvalue weighted by Crippen LogP contribution is 2.58. The van der Waals surface area contributed by atoms with E-state index in [0.29, 0.717) is 40.8 Å². The lowest BCUT2D eigenvalue weighted by Gasteiger charge is -2.35. The van der Waals surface area contributed by atoms with E-state index in [0.717, 1.165) is 13.0 Å². The first-order valence-corrected chi connectivity index (χ1v) is 12.9. The quantitative estimate of drug-likeness (QED) is 0.275. The van der Waals surface area contributed by atoms with Gasteiger partial charge in [0.1, 0.15) is 34.8 Å². The number of halogens is 4. The van der Waals surface area contributed by atoms with E-state index in [2.05, 4.69) is 15.0 Å². The molecule has 2 aliphatic rings. The van der Waals surface area contributed by atoms with Gasteiger partial charge in [-0.25, -0.2) is 27.3 Å². The van der Waals surface area contributed by atoms with Crippen molar-refractivity contribution >= 4 is 22.7 Å². The summed E-state index contributed by atoms with van der Waals surface area (Å²) in [5, 5.41) is 0. The number of aromatic nitrogens is 3. The van der Waals surface area contributed by atoms with Gasteiger partial charge in [-0.05, 0) is 49.4 Å². The largest absolute Gasteiger partial charge is 0.467 e. The molecule has 0 spiro atoms. The van der Waals surface area contributed by atoms with E-state index in [1.54, 1.807) is 26.1 Å². The fourth-order valence-electron chi connectivity index (χ4n) is 5.87. The first-order chi connectivity index (χ1) is 18.4. The van der Waals surface area contributed by atoms with Gasteiger partial charge in [-0.15, -0.1) is 0 Å². The number of imidazole rings is 1. The Balaban J connectivity index is 0.00000370. The van der Waals surface area contributed by atoms with Gasteiger partial charge >= 0.3 is 5.97 Å². The van der Waals surface area contributed by atoms with E-state index < -0.39 is 53.1 Å². The number of rotatable bonds is 6. The Morgan fingerprint density at radius 2 is 2.00 bits per heavy atom. The number of alkyl halides is 2. The van der Waals surface area contributed by atoms with Crippen LogP contribution in [0.25, 0.3) is 11.0 Å². The topological polar surface area (TPSA) is 89.5 Å². The predicted molar refractivity (Wildman–Crippen MR) is 143 cm³/mol. The minimum atomic E-state index is -3.25. The summed E-state index contributed by atoms with van der Waals surface area (Å²) in [5.41, 5.74) is 0.691. The van der Waals surface area contributed by atoms with Crippen molar-refractivity contribution in [2.75, 3.05) is 7.11 Å². The van der Waals surface area contributed by atoms with Crippen LogP contribution in [0.3, 0.4) is 0 Å². The standard InChI is InChI=1S/C28H30F4N4O3.CH4/c1-6-14-15(7-8-16(29)21(14)30)20-13(2)27(3,28(4,31)32)39-24(20)25-35-18-11-12-33-22(23(18)36-25)17-9-10-19(34-17)26(37)38-5;/h7-8,11-13,19-20,24H,6,9-10H2,1-5H3,(H,35,36);1H4/t13?,19?,20?,24-,27-;/m1./s1. The number of H-pyrrole nitrogens is 1. The Hall–Kier alpha value is -3.34. The number of carbonyl (C=O) groups is 1. The summed E-state index contributed by atoms with van der Waals surface area (Å²) in [4.78, 5) is 28.8. The smallest absolute Gasteiger partial charge is 0.330 e. The van der Waals surface area contributed by atoms with Gasteiger partial charge in [-0.1, -0.05) is 27.3 Å². The number of nitrogens with one attached hydrogen (secondary N) is 1. The molecule has 1 aromatic carbocycles. The van der Waals surface area contributed by atoms with Crippen LogP contribution in [0.15, 0.2) is 29.4 Å². The number of carbonyl (C=O) groups excluding carboxylic acids is 1. The van der Waals surface area contributed by atoms with Crippen LogP contribution in [-0.4, -0.2) is 51.3 Å². The Kier molecular flexibility index (Phi) is 7.83. The van der Waals surface area contributed by atoms with E-state index in [1.165, 1.54) is 20.1 Å². The molecule has 0 aliphatic carbocycles. The molecule has 1 fully saturated rings. The van der Waals surface area contributed by atoms with Crippen LogP contribution in [0.5, 0.6) is 0 Å². The molecule has 5 atom stereocenters. The molecule has 11 heteroatoms. The number of hydrogen-bond acceptors (Lipinski definition) is 6. The van der Waals surface area contributed by atoms with Crippen LogP contribution in [0.2, 0.25) is 0 Å². The zero-order valence-electron chi connectivity index (χ0n) is 22.3. The molecule has 4 heterocycles. The maximum Gasteiger partial charge on any atom is 0.330 e. The lowest BCUT2D eigenvalue weighted by atomic mass is 9.74. The van der Waals surface area contributed by atoms with Crippen molar-refractivity contribution in [3.63, 3.8) is 0 Å². The third-order valence-electron chi connectivity index (χ3n) is 8.32. The molecule has 0 radical (unpaired) electrons. The lowest BCUT2D eigenvalue weighted by Crippen LogP contribution is -2.47. The number of aliphatic imine (C=N–C) groups is 1. The summed E-state index contributed by atoms with van der Waals surface area (Å²) in [7, 11) is 1.30. The number of hydrogen-bond donors (Lipinski definition) is 1. The van der Waals surface area contributed by atoms with Crippen molar-refractivity contribution in [2.45, 2.75) is 84.0 Å². The molecule has 3 aromatic rings. The maximum atomic E-state index is 15.0. The van der Waals surface area contributed by atoms with E-state index in [9.17, 15) is 13.6 Å². The molecule has 216 valence electrons. The van der Waals surface area contributed by atoms with Crippen molar-refractivity contribution in [2.24, 2.45) is 10.9 Å². The number of nitrogens with zero attached hydrogens (tertiary/aromatic N) is 3. The molecule has 1 saturated heterocycles. The minimum Gasteiger partial charge on any atom is -0.467 e. The number of ether oxygens (including phenoxy) is 2. The van der Waals surface area contributed by atoms with Gasteiger partial charge in [-0.3, -0.25) is 9.98 Å². The van der Waals surface area contributed by atoms with Crippen molar-refractivity contribution in [1.82, 2.24) is 15.0 Å². The van der Waals surface area contributed by atoms with E-state index >= 15 is 8.78 Å². The molecule has 40 heavy (non-hydrogen) atoms. The summed E-state index contributed by atoms with van der Waals surface area (Å²) in [6, 6.07) is 3.53. The molecule has 2 aromatic heterocycles. The second-order valence-electron chi connectivity index (χ2n) is 10.5. The van der Waals surface area contributed by atoms with Crippen LogP contribution in [-0.2, 0) is 20.7 Å². The van der Waals surface area contributed by atoms with Crippen molar-refractivity contribution in [3.8, 4) is 0 Å². The number of aromatic amines is 1. The van der Waals surface area contributed by atoms with Gasteiger partial charge in [0.25, 0.3) is 5.92 Å². The second kappa shape index (κ2) is 10.6. The number of benzene rings is 1. The molecule has 3 unspecified atom stereocenters. The number of esters is 1. The Morgan fingerprint density at radius 3 is 2.65 bits per heavy atom. The first-order valence-electron chi connectivity index (χ1n) is 12.9. The minimum absolute atomic E-state index is 0. The van der Waals surface area contributed by atoms with Crippen molar-refractivity contribution < 1.29 is 31.8 Å². The van der Waals surface area contributed by atoms with Crippen LogP contribution in [0.4, 0.5) is 17.6 Å². The summed E-state index contributed by atoms with van der Waals surface area (Å²) < 4.78 is 70.0. The maximum absolute atomic E-state index is 15.0. The van der Waals surface area contributed by atoms with Crippen LogP contribution < -0.4 is 0 Å². The monoisotopic (exact) mass is 562 g/mol. The zero-order chi connectivity index (χ0) is 28.3. The molecule has 1 N–H and O–H groups in total. The lowest BCUT2D eigenvalue weighted by molar-refractivity contribution is -0.196. The molecular weight excluding hydrogens is 528 g/mol. The van der Waals surface area contributed by atoms with Crippen molar-refractivity contribution in [1.29, 1.82) is 0 Å². The Bertz CT molecular complexity index is 1470.